The molecule has 3 rings (SSSR count). The molecule has 0 aliphatic heterocycles. The Morgan fingerprint density at radius 2 is 1.96 bits per heavy atom. The second-order valence-corrected chi connectivity index (χ2v) is 8.53. The summed E-state index contributed by atoms with van der Waals surface area (Å²) < 4.78 is 0.837. The summed E-state index contributed by atoms with van der Waals surface area (Å²) in [5, 5.41) is 23.2. The molecule has 0 spiro atoms. The monoisotopic (exact) mass is 451 g/mol. The first kappa shape index (κ1) is 20.0. The lowest BCUT2D eigenvalue weighted by molar-refractivity contribution is -0.533. The van der Waals surface area contributed by atoms with E-state index >= 15 is 0 Å². The van der Waals surface area contributed by atoms with Gasteiger partial charge in [-0.05, 0) is 43.2 Å². The standard InChI is InChI=1S/C20H19BrClNO4/c1-20(25)10-9-16(23(26)27)17(12-5-7-14(21)8-6-12)18(20)19(24)13-3-2-4-15(22)11-13/h2-8,11,16-18,25H,9-10H2,1H3/t16-,17+,18+,20+/m0/s1. The van der Waals surface area contributed by atoms with Gasteiger partial charge in [-0.1, -0.05) is 51.8 Å². The number of halogens is 2. The van der Waals surface area contributed by atoms with Gasteiger partial charge in [-0.15, -0.1) is 0 Å². The molecule has 0 amide bonds. The number of aliphatic hydroxyl groups is 1. The van der Waals surface area contributed by atoms with Gasteiger partial charge in [-0.25, -0.2) is 0 Å². The van der Waals surface area contributed by atoms with Crippen molar-refractivity contribution in [1.29, 1.82) is 0 Å². The first-order valence-electron chi connectivity index (χ1n) is 8.62. The SMILES string of the molecule is C[C@@]1(O)CC[C@H]([N+](=O)[O-])[C@@H](c2ccc(Br)cc2)[C@@H]1C(=O)c1cccc(Cl)c1. The van der Waals surface area contributed by atoms with E-state index < -0.39 is 23.5 Å². The fraction of sp³-hybridized carbons (Fsp3) is 0.350. The molecule has 1 aliphatic rings. The summed E-state index contributed by atoms with van der Waals surface area (Å²) >= 11 is 9.38. The van der Waals surface area contributed by atoms with Gasteiger partial charge < -0.3 is 5.11 Å². The van der Waals surface area contributed by atoms with Gasteiger partial charge in [0.25, 0.3) is 0 Å². The van der Waals surface area contributed by atoms with E-state index in [0.29, 0.717) is 16.1 Å². The lowest BCUT2D eigenvalue weighted by Gasteiger charge is -2.43. The minimum absolute atomic E-state index is 0.183. The Labute approximate surface area is 170 Å². The number of nitro groups is 1. The van der Waals surface area contributed by atoms with Gasteiger partial charge in [0.15, 0.2) is 5.78 Å². The van der Waals surface area contributed by atoms with E-state index in [4.69, 9.17) is 11.6 Å². The number of carbonyl (C=O) groups is 1. The summed E-state index contributed by atoms with van der Waals surface area (Å²) in [6, 6.07) is 12.6. The Bertz CT molecular complexity index is 869. The Morgan fingerprint density at radius 3 is 2.56 bits per heavy atom. The van der Waals surface area contributed by atoms with Crippen LogP contribution in [0.15, 0.2) is 53.0 Å². The molecule has 4 atom stereocenters. The van der Waals surface area contributed by atoms with Gasteiger partial charge in [0.05, 0.1) is 17.4 Å². The van der Waals surface area contributed by atoms with E-state index in [1.54, 1.807) is 49.4 Å². The molecule has 2 aromatic rings. The maximum atomic E-state index is 13.3. The zero-order chi connectivity index (χ0) is 19.8. The van der Waals surface area contributed by atoms with Crippen molar-refractivity contribution in [2.24, 2.45) is 5.92 Å². The second-order valence-electron chi connectivity index (χ2n) is 7.18. The van der Waals surface area contributed by atoms with Crippen LogP contribution in [0.5, 0.6) is 0 Å². The normalized spacial score (nSPS) is 27.9. The highest BCUT2D eigenvalue weighted by Crippen LogP contribution is 2.46. The van der Waals surface area contributed by atoms with E-state index in [0.717, 1.165) is 4.47 Å². The molecule has 27 heavy (non-hydrogen) atoms. The highest BCUT2D eigenvalue weighted by molar-refractivity contribution is 9.10. The van der Waals surface area contributed by atoms with Crippen LogP contribution < -0.4 is 0 Å². The largest absolute Gasteiger partial charge is 0.389 e. The molecule has 0 radical (unpaired) electrons. The summed E-state index contributed by atoms with van der Waals surface area (Å²) in [5.41, 5.74) is -0.344. The minimum atomic E-state index is -1.36. The quantitative estimate of drug-likeness (QED) is 0.407. The number of Topliss-reactive ketones (excluding diaryl/α,β-unsaturated/α-hetero) is 1. The maximum Gasteiger partial charge on any atom is 0.220 e. The number of carbonyl (C=O) groups excluding carboxylic acids is 1. The van der Waals surface area contributed by atoms with E-state index in [2.05, 4.69) is 15.9 Å². The van der Waals surface area contributed by atoms with Crippen molar-refractivity contribution in [2.75, 3.05) is 0 Å². The highest BCUT2D eigenvalue weighted by Gasteiger charge is 2.54. The smallest absolute Gasteiger partial charge is 0.220 e. The van der Waals surface area contributed by atoms with Crippen LogP contribution in [0.4, 0.5) is 0 Å². The number of benzene rings is 2. The molecule has 1 saturated carbocycles. The van der Waals surface area contributed by atoms with Crippen molar-refractivity contribution in [2.45, 2.75) is 37.3 Å². The van der Waals surface area contributed by atoms with Crippen molar-refractivity contribution in [3.63, 3.8) is 0 Å². The van der Waals surface area contributed by atoms with Gasteiger partial charge in [-0.3, -0.25) is 14.9 Å². The van der Waals surface area contributed by atoms with Gasteiger partial charge in [0.1, 0.15) is 0 Å². The van der Waals surface area contributed by atoms with Crippen LogP contribution in [-0.2, 0) is 0 Å². The van der Waals surface area contributed by atoms with Crippen LogP contribution in [0, 0.1) is 16.0 Å². The van der Waals surface area contributed by atoms with E-state index in [-0.39, 0.29) is 23.5 Å². The van der Waals surface area contributed by atoms with Gasteiger partial charge in [0.2, 0.25) is 6.04 Å². The lowest BCUT2D eigenvalue weighted by Crippen LogP contribution is -2.52. The molecule has 1 N–H and O–H groups in total. The second kappa shape index (κ2) is 7.70. The average Bonchev–Trinajstić information content (AvgIpc) is 2.60. The zero-order valence-electron chi connectivity index (χ0n) is 14.6. The molecule has 0 unspecified atom stereocenters. The van der Waals surface area contributed by atoms with Crippen LogP contribution in [-0.4, -0.2) is 27.5 Å². The molecular weight excluding hydrogens is 434 g/mol. The summed E-state index contributed by atoms with van der Waals surface area (Å²) in [4.78, 5) is 24.8. The predicted molar refractivity (Wildman–Crippen MR) is 107 cm³/mol. The number of nitrogens with zero attached hydrogens (tertiary/aromatic N) is 1. The van der Waals surface area contributed by atoms with Crippen LogP contribution in [0.3, 0.4) is 0 Å². The van der Waals surface area contributed by atoms with Crippen molar-refractivity contribution in [1.82, 2.24) is 0 Å². The molecule has 1 fully saturated rings. The Morgan fingerprint density at radius 1 is 1.30 bits per heavy atom. The third-order valence-corrected chi connectivity index (χ3v) is 6.07. The number of hydrogen-bond acceptors (Lipinski definition) is 4. The molecule has 2 aromatic carbocycles. The highest BCUT2D eigenvalue weighted by atomic mass is 79.9. The van der Waals surface area contributed by atoms with Gasteiger partial charge >= 0.3 is 0 Å². The minimum Gasteiger partial charge on any atom is -0.389 e. The number of ketones is 1. The van der Waals surface area contributed by atoms with Crippen molar-refractivity contribution in [3.8, 4) is 0 Å². The van der Waals surface area contributed by atoms with Crippen LogP contribution in [0.2, 0.25) is 5.02 Å². The number of hydrogen-bond donors (Lipinski definition) is 1. The summed E-state index contributed by atoms with van der Waals surface area (Å²) in [7, 11) is 0. The first-order valence-corrected chi connectivity index (χ1v) is 9.79. The third-order valence-electron chi connectivity index (χ3n) is 5.31. The van der Waals surface area contributed by atoms with Crippen molar-refractivity contribution >= 4 is 33.3 Å². The summed E-state index contributed by atoms with van der Waals surface area (Å²) in [6.07, 6.45) is 0.392. The van der Waals surface area contributed by atoms with Crippen molar-refractivity contribution < 1.29 is 14.8 Å². The van der Waals surface area contributed by atoms with Gasteiger partial charge in [0, 0.05) is 26.4 Å². The average molecular weight is 453 g/mol. The Balaban J connectivity index is 2.12. The maximum absolute atomic E-state index is 13.3. The number of rotatable bonds is 4. The Hall–Kier alpha value is -1.76. The predicted octanol–water partition coefficient (Wildman–Crippen LogP) is 4.88. The topological polar surface area (TPSA) is 80.4 Å². The molecule has 0 bridgehead atoms. The first-order chi connectivity index (χ1) is 12.7. The van der Waals surface area contributed by atoms with E-state index in [1.807, 2.05) is 0 Å². The molecular formula is C20H19BrClNO4. The molecule has 0 saturated heterocycles. The molecule has 7 heteroatoms. The van der Waals surface area contributed by atoms with E-state index in [1.165, 1.54) is 6.07 Å². The zero-order valence-corrected chi connectivity index (χ0v) is 17.0. The fourth-order valence-corrected chi connectivity index (χ4v) is 4.44. The van der Waals surface area contributed by atoms with Crippen LogP contribution >= 0.6 is 27.5 Å². The fourth-order valence-electron chi connectivity index (χ4n) is 3.99. The summed E-state index contributed by atoms with van der Waals surface area (Å²) in [5.74, 6) is -2.01. The molecule has 1 aliphatic carbocycles. The van der Waals surface area contributed by atoms with Crippen LogP contribution in [0.1, 0.15) is 41.6 Å². The summed E-state index contributed by atoms with van der Waals surface area (Å²) in [6.45, 7) is 1.59. The van der Waals surface area contributed by atoms with Crippen LogP contribution in [0.25, 0.3) is 0 Å². The van der Waals surface area contributed by atoms with Gasteiger partial charge in [-0.2, -0.15) is 0 Å². The van der Waals surface area contributed by atoms with Crippen molar-refractivity contribution in [3.05, 3.63) is 79.3 Å². The Kier molecular flexibility index (Phi) is 5.70. The molecule has 0 heterocycles. The van der Waals surface area contributed by atoms with E-state index in [9.17, 15) is 20.0 Å². The molecule has 142 valence electrons. The lowest BCUT2D eigenvalue weighted by atomic mass is 9.63. The third kappa shape index (κ3) is 4.08. The molecule has 0 aromatic heterocycles. The molecule has 5 nitrogen and oxygen atoms in total.